The summed E-state index contributed by atoms with van der Waals surface area (Å²) in [5.41, 5.74) is 0.452. The fraction of sp³-hybridized carbons (Fsp3) is 0.429. The molecule has 1 aromatic carbocycles. The maximum absolute atomic E-state index is 12.3. The number of hydrogen-bond acceptors (Lipinski definition) is 5. The quantitative estimate of drug-likeness (QED) is 0.711. The summed E-state index contributed by atoms with van der Waals surface area (Å²) in [6.07, 6.45) is 4.55. The molecule has 1 aliphatic rings. The lowest BCUT2D eigenvalue weighted by Gasteiger charge is -2.28. The number of carbonyl (C=O) groups is 2. The maximum Gasteiger partial charge on any atom is 0.251 e. The molecule has 0 spiro atoms. The van der Waals surface area contributed by atoms with E-state index in [0.29, 0.717) is 23.6 Å². The SMILES string of the molecule is COc1ccc(C(=O)NCC(=O)NCC2(c3cccs3)CCCC2)cc1OC. The average Bonchev–Trinajstić information content (AvgIpc) is 3.42. The van der Waals surface area contributed by atoms with Gasteiger partial charge in [-0.3, -0.25) is 9.59 Å². The van der Waals surface area contributed by atoms with Gasteiger partial charge in [0.05, 0.1) is 20.8 Å². The molecule has 150 valence electrons. The Morgan fingerprint density at radius 3 is 2.46 bits per heavy atom. The summed E-state index contributed by atoms with van der Waals surface area (Å²) < 4.78 is 10.4. The van der Waals surface area contributed by atoms with Gasteiger partial charge in [0.15, 0.2) is 11.5 Å². The van der Waals surface area contributed by atoms with Crippen molar-refractivity contribution in [1.29, 1.82) is 0 Å². The number of hydrogen-bond donors (Lipinski definition) is 2. The van der Waals surface area contributed by atoms with Crippen LogP contribution in [-0.2, 0) is 10.2 Å². The molecule has 2 N–H and O–H groups in total. The van der Waals surface area contributed by atoms with Crippen LogP contribution in [-0.4, -0.2) is 39.1 Å². The van der Waals surface area contributed by atoms with Crippen molar-refractivity contribution in [1.82, 2.24) is 10.6 Å². The molecular formula is C21H26N2O4S. The van der Waals surface area contributed by atoms with Crippen molar-refractivity contribution < 1.29 is 19.1 Å². The van der Waals surface area contributed by atoms with E-state index in [1.165, 1.54) is 31.9 Å². The van der Waals surface area contributed by atoms with E-state index >= 15 is 0 Å². The molecule has 2 aromatic rings. The molecule has 7 heteroatoms. The zero-order valence-electron chi connectivity index (χ0n) is 16.2. The molecule has 3 rings (SSSR count). The molecule has 0 radical (unpaired) electrons. The summed E-state index contributed by atoms with van der Waals surface area (Å²) in [5.74, 6) is 0.507. The Morgan fingerprint density at radius 2 is 1.82 bits per heavy atom. The third kappa shape index (κ3) is 4.47. The molecule has 1 saturated carbocycles. The molecule has 1 aromatic heterocycles. The van der Waals surface area contributed by atoms with Gasteiger partial charge in [0.1, 0.15) is 0 Å². The largest absolute Gasteiger partial charge is 0.493 e. The summed E-state index contributed by atoms with van der Waals surface area (Å²) in [6.45, 7) is 0.548. The second kappa shape index (κ2) is 9.10. The Hall–Kier alpha value is -2.54. The molecule has 0 saturated heterocycles. The van der Waals surface area contributed by atoms with E-state index in [1.54, 1.807) is 29.5 Å². The minimum atomic E-state index is -0.329. The fourth-order valence-electron chi connectivity index (χ4n) is 3.71. The molecule has 6 nitrogen and oxygen atoms in total. The minimum absolute atomic E-state index is 0.0389. The minimum Gasteiger partial charge on any atom is -0.493 e. The Labute approximate surface area is 169 Å². The molecule has 1 fully saturated rings. The number of rotatable bonds is 8. The third-order valence-corrected chi connectivity index (χ3v) is 6.40. The highest BCUT2D eigenvalue weighted by Gasteiger charge is 2.36. The van der Waals surface area contributed by atoms with Crippen LogP contribution in [0.4, 0.5) is 0 Å². The van der Waals surface area contributed by atoms with Crippen molar-refractivity contribution in [3.63, 3.8) is 0 Å². The predicted molar refractivity (Wildman–Crippen MR) is 109 cm³/mol. The molecule has 0 bridgehead atoms. The van der Waals surface area contributed by atoms with Crippen molar-refractivity contribution in [3.05, 3.63) is 46.2 Å². The molecule has 1 aliphatic carbocycles. The van der Waals surface area contributed by atoms with Crippen LogP contribution in [0.5, 0.6) is 11.5 Å². The molecule has 28 heavy (non-hydrogen) atoms. The Bertz CT molecular complexity index is 814. The van der Waals surface area contributed by atoms with Crippen LogP contribution in [0.2, 0.25) is 0 Å². The highest BCUT2D eigenvalue weighted by Crippen LogP contribution is 2.42. The zero-order chi connectivity index (χ0) is 20.0. The van der Waals surface area contributed by atoms with E-state index < -0.39 is 0 Å². The van der Waals surface area contributed by atoms with E-state index in [2.05, 4.69) is 28.1 Å². The smallest absolute Gasteiger partial charge is 0.251 e. The zero-order valence-corrected chi connectivity index (χ0v) is 17.1. The molecule has 2 amide bonds. The number of benzene rings is 1. The lowest BCUT2D eigenvalue weighted by molar-refractivity contribution is -0.120. The number of nitrogens with one attached hydrogen (secondary N) is 2. The van der Waals surface area contributed by atoms with Gasteiger partial charge >= 0.3 is 0 Å². The lowest BCUT2D eigenvalue weighted by Crippen LogP contribution is -2.43. The summed E-state index contributed by atoms with van der Waals surface area (Å²) in [4.78, 5) is 26.0. The topological polar surface area (TPSA) is 76.7 Å². The average molecular weight is 403 g/mol. The summed E-state index contributed by atoms with van der Waals surface area (Å²) >= 11 is 1.75. The summed E-state index contributed by atoms with van der Waals surface area (Å²) in [6, 6.07) is 9.11. The molecule has 0 atom stereocenters. The number of methoxy groups -OCH3 is 2. The van der Waals surface area contributed by atoms with Crippen LogP contribution in [0.1, 0.15) is 40.9 Å². The van der Waals surface area contributed by atoms with Crippen LogP contribution in [0.25, 0.3) is 0 Å². The van der Waals surface area contributed by atoms with Crippen molar-refractivity contribution >= 4 is 23.2 Å². The summed E-state index contributed by atoms with van der Waals surface area (Å²) in [7, 11) is 3.05. The standard InChI is InChI=1S/C21H26N2O4S/c1-26-16-8-7-15(12-17(16)27-2)20(25)22-13-19(24)23-14-21(9-3-4-10-21)18-6-5-11-28-18/h5-8,11-12H,3-4,9-10,13-14H2,1-2H3,(H,22,25)(H,23,24). The highest BCUT2D eigenvalue weighted by atomic mass is 32.1. The Kier molecular flexibility index (Phi) is 6.57. The first kappa shape index (κ1) is 20.2. The normalized spacial score (nSPS) is 15.1. The van der Waals surface area contributed by atoms with Gasteiger partial charge in [0.25, 0.3) is 5.91 Å². The first-order valence-corrected chi connectivity index (χ1v) is 10.3. The van der Waals surface area contributed by atoms with Gasteiger partial charge in [0.2, 0.25) is 5.91 Å². The number of carbonyl (C=O) groups excluding carboxylic acids is 2. The monoisotopic (exact) mass is 402 g/mol. The van der Waals surface area contributed by atoms with E-state index in [0.717, 1.165) is 12.8 Å². The fourth-order valence-corrected chi connectivity index (χ4v) is 4.70. The Balaban J connectivity index is 1.53. The van der Waals surface area contributed by atoms with Crippen molar-refractivity contribution in [3.8, 4) is 11.5 Å². The second-order valence-corrected chi connectivity index (χ2v) is 7.94. The van der Waals surface area contributed by atoms with E-state index in [4.69, 9.17) is 9.47 Å². The first-order valence-electron chi connectivity index (χ1n) is 9.39. The molecular weight excluding hydrogens is 376 g/mol. The highest BCUT2D eigenvalue weighted by molar-refractivity contribution is 7.10. The third-order valence-electron chi connectivity index (χ3n) is 5.28. The van der Waals surface area contributed by atoms with Gasteiger partial charge in [-0.2, -0.15) is 0 Å². The van der Waals surface area contributed by atoms with Gasteiger partial charge < -0.3 is 20.1 Å². The van der Waals surface area contributed by atoms with E-state index in [9.17, 15) is 9.59 Å². The van der Waals surface area contributed by atoms with Crippen LogP contribution in [0.15, 0.2) is 35.7 Å². The van der Waals surface area contributed by atoms with Gasteiger partial charge in [-0.15, -0.1) is 11.3 Å². The molecule has 0 unspecified atom stereocenters. The van der Waals surface area contributed by atoms with Gasteiger partial charge in [-0.05, 0) is 42.5 Å². The summed E-state index contributed by atoms with van der Waals surface area (Å²) in [5, 5.41) is 7.76. The van der Waals surface area contributed by atoms with E-state index in [-0.39, 0.29) is 23.8 Å². The van der Waals surface area contributed by atoms with Crippen molar-refractivity contribution in [2.45, 2.75) is 31.1 Å². The lowest BCUT2D eigenvalue weighted by atomic mass is 9.84. The van der Waals surface area contributed by atoms with Crippen LogP contribution in [0, 0.1) is 0 Å². The molecule has 0 aliphatic heterocycles. The predicted octanol–water partition coefficient (Wildman–Crippen LogP) is 3.12. The second-order valence-electron chi connectivity index (χ2n) is 6.99. The van der Waals surface area contributed by atoms with Gasteiger partial charge in [0, 0.05) is 22.4 Å². The van der Waals surface area contributed by atoms with Gasteiger partial charge in [-0.1, -0.05) is 18.9 Å². The maximum atomic E-state index is 12.3. The Morgan fingerprint density at radius 1 is 1.07 bits per heavy atom. The first-order chi connectivity index (χ1) is 13.6. The number of amides is 2. The van der Waals surface area contributed by atoms with Crippen LogP contribution >= 0.6 is 11.3 Å². The van der Waals surface area contributed by atoms with Crippen molar-refractivity contribution in [2.75, 3.05) is 27.3 Å². The van der Waals surface area contributed by atoms with Crippen LogP contribution < -0.4 is 20.1 Å². The van der Waals surface area contributed by atoms with Crippen molar-refractivity contribution in [2.24, 2.45) is 0 Å². The van der Waals surface area contributed by atoms with Crippen LogP contribution in [0.3, 0.4) is 0 Å². The number of thiophene rings is 1. The number of ether oxygens (including phenoxy) is 2. The van der Waals surface area contributed by atoms with E-state index in [1.807, 2.05) is 0 Å². The van der Waals surface area contributed by atoms with Gasteiger partial charge in [-0.25, -0.2) is 0 Å². The molecule has 1 heterocycles.